The van der Waals surface area contributed by atoms with Gasteiger partial charge in [-0.3, -0.25) is 4.79 Å². The van der Waals surface area contributed by atoms with Gasteiger partial charge in [-0.15, -0.1) is 0 Å². The van der Waals surface area contributed by atoms with E-state index in [1.165, 1.54) is 19.3 Å². The standard InChI is InChI=1S/C14H19ClN2O.ClH/c15-12-5-4-6-13(11-12)16-14(18)7-10-17-8-2-1-3-9-17;/h4-6,11H,1-3,7-10H2,(H,16,18);1H/p-1. The lowest BCUT2D eigenvalue weighted by Crippen LogP contribution is -3.00. The number of carbonyl (C=O) groups excluding carboxylic acids is 1. The van der Waals surface area contributed by atoms with Crippen molar-refractivity contribution < 1.29 is 17.2 Å². The van der Waals surface area contributed by atoms with Crippen LogP contribution in [0.1, 0.15) is 25.7 Å². The Kier molecular flexibility index (Phi) is 7.21. The Hall–Kier alpha value is -0.770. The summed E-state index contributed by atoms with van der Waals surface area (Å²) in [5.41, 5.74) is 0.770. The molecule has 1 fully saturated rings. The number of halogens is 2. The van der Waals surface area contributed by atoms with Crippen LogP contribution in [0, 0.1) is 0 Å². The number of nitrogens with one attached hydrogen (secondary N) is 1. The van der Waals surface area contributed by atoms with Gasteiger partial charge in [0.1, 0.15) is 0 Å². The highest BCUT2D eigenvalue weighted by Gasteiger charge is 2.11. The van der Waals surface area contributed by atoms with Gasteiger partial charge >= 0.3 is 0 Å². The highest BCUT2D eigenvalue weighted by atomic mass is 35.5. The second-order valence-electron chi connectivity index (χ2n) is 4.71. The summed E-state index contributed by atoms with van der Waals surface area (Å²) in [7, 11) is 0. The zero-order valence-electron chi connectivity index (χ0n) is 10.9. The molecule has 1 aliphatic heterocycles. The lowest BCUT2D eigenvalue weighted by molar-refractivity contribution is -0.116. The van der Waals surface area contributed by atoms with E-state index in [0.29, 0.717) is 11.4 Å². The monoisotopic (exact) mass is 301 g/mol. The molecule has 1 amide bonds. The Bertz CT molecular complexity index is 406. The largest absolute Gasteiger partial charge is 1.00 e. The smallest absolute Gasteiger partial charge is 0.225 e. The van der Waals surface area contributed by atoms with E-state index < -0.39 is 0 Å². The van der Waals surface area contributed by atoms with Crippen LogP contribution in [0.4, 0.5) is 5.69 Å². The number of carbonyl (C=O) groups is 1. The van der Waals surface area contributed by atoms with E-state index in [1.807, 2.05) is 12.1 Å². The van der Waals surface area contributed by atoms with Gasteiger partial charge in [0.25, 0.3) is 0 Å². The van der Waals surface area contributed by atoms with Crippen LogP contribution in [0.5, 0.6) is 0 Å². The van der Waals surface area contributed by atoms with Crippen molar-refractivity contribution in [3.8, 4) is 0 Å². The first-order valence-corrected chi connectivity index (χ1v) is 6.89. The molecule has 0 spiro atoms. The zero-order valence-corrected chi connectivity index (χ0v) is 12.4. The number of anilines is 1. The van der Waals surface area contributed by atoms with Crippen LogP contribution in [0.25, 0.3) is 0 Å². The Balaban J connectivity index is 0.00000180. The zero-order chi connectivity index (χ0) is 12.8. The van der Waals surface area contributed by atoms with E-state index in [0.717, 1.165) is 25.3 Å². The minimum atomic E-state index is 0. The van der Waals surface area contributed by atoms with Crippen molar-refractivity contribution in [3.05, 3.63) is 29.3 Å². The fraction of sp³-hybridized carbons (Fsp3) is 0.500. The van der Waals surface area contributed by atoms with Crippen molar-refractivity contribution >= 4 is 23.2 Å². The van der Waals surface area contributed by atoms with Crippen molar-refractivity contribution in [2.24, 2.45) is 0 Å². The van der Waals surface area contributed by atoms with E-state index in [9.17, 15) is 4.79 Å². The second kappa shape index (κ2) is 8.41. The minimum absolute atomic E-state index is 0. The predicted molar refractivity (Wildman–Crippen MR) is 75.0 cm³/mol. The van der Waals surface area contributed by atoms with E-state index in [-0.39, 0.29) is 18.3 Å². The molecular formula is C14H19Cl2N2O-. The number of hydrogen-bond acceptors (Lipinski definition) is 2. The van der Waals surface area contributed by atoms with Gasteiger partial charge in [-0.1, -0.05) is 24.1 Å². The molecule has 19 heavy (non-hydrogen) atoms. The molecule has 1 aromatic rings. The Morgan fingerprint density at radius 3 is 2.68 bits per heavy atom. The van der Waals surface area contributed by atoms with E-state index in [2.05, 4.69) is 10.2 Å². The third-order valence-corrected chi connectivity index (χ3v) is 3.45. The molecule has 0 unspecified atom stereocenters. The van der Waals surface area contributed by atoms with E-state index >= 15 is 0 Å². The molecule has 0 radical (unpaired) electrons. The van der Waals surface area contributed by atoms with Crippen LogP contribution in [0.2, 0.25) is 5.02 Å². The maximum atomic E-state index is 11.8. The summed E-state index contributed by atoms with van der Waals surface area (Å²) >= 11 is 5.87. The molecule has 3 nitrogen and oxygen atoms in total. The van der Waals surface area contributed by atoms with Crippen LogP contribution in [-0.4, -0.2) is 30.4 Å². The summed E-state index contributed by atoms with van der Waals surface area (Å²) in [5.74, 6) is 0.0582. The molecule has 0 saturated carbocycles. The Morgan fingerprint density at radius 2 is 2.00 bits per heavy atom. The molecule has 1 aliphatic rings. The normalized spacial score (nSPS) is 15.6. The van der Waals surface area contributed by atoms with E-state index in [1.54, 1.807) is 12.1 Å². The quantitative estimate of drug-likeness (QED) is 0.859. The average Bonchev–Trinajstić information content (AvgIpc) is 2.38. The minimum Gasteiger partial charge on any atom is -1.00 e. The van der Waals surface area contributed by atoms with Crippen molar-refractivity contribution in [2.75, 3.05) is 25.0 Å². The summed E-state index contributed by atoms with van der Waals surface area (Å²) < 4.78 is 0. The van der Waals surface area contributed by atoms with Crippen molar-refractivity contribution in [2.45, 2.75) is 25.7 Å². The summed E-state index contributed by atoms with van der Waals surface area (Å²) in [6, 6.07) is 7.25. The van der Waals surface area contributed by atoms with Gasteiger partial charge in [-0.25, -0.2) is 0 Å². The molecule has 1 N–H and O–H groups in total. The highest BCUT2D eigenvalue weighted by molar-refractivity contribution is 6.30. The number of nitrogens with zero attached hydrogens (tertiary/aromatic N) is 1. The first-order valence-electron chi connectivity index (χ1n) is 6.52. The topological polar surface area (TPSA) is 32.3 Å². The molecule has 1 heterocycles. The van der Waals surface area contributed by atoms with Crippen LogP contribution in [0.15, 0.2) is 24.3 Å². The van der Waals surface area contributed by atoms with Gasteiger partial charge < -0.3 is 22.6 Å². The van der Waals surface area contributed by atoms with Crippen LogP contribution in [-0.2, 0) is 4.79 Å². The summed E-state index contributed by atoms with van der Waals surface area (Å²) in [5, 5.41) is 3.51. The second-order valence-corrected chi connectivity index (χ2v) is 5.15. The number of rotatable bonds is 4. The lowest BCUT2D eigenvalue weighted by atomic mass is 10.1. The highest BCUT2D eigenvalue weighted by Crippen LogP contribution is 2.15. The third kappa shape index (κ3) is 5.81. The van der Waals surface area contributed by atoms with Gasteiger partial charge in [0, 0.05) is 23.7 Å². The molecule has 1 aromatic carbocycles. The van der Waals surface area contributed by atoms with Gasteiger partial charge in [0.15, 0.2) is 0 Å². The molecule has 106 valence electrons. The SMILES string of the molecule is O=C(CCN1CCCCC1)Nc1cccc(Cl)c1.[Cl-]. The van der Waals surface area contributed by atoms with Crippen LogP contribution >= 0.6 is 11.6 Å². The van der Waals surface area contributed by atoms with Crippen LogP contribution in [0.3, 0.4) is 0 Å². The number of hydrogen-bond donors (Lipinski definition) is 1. The number of amides is 1. The molecule has 1 saturated heterocycles. The molecule has 0 aromatic heterocycles. The van der Waals surface area contributed by atoms with Gasteiger partial charge in [0.2, 0.25) is 5.91 Å². The number of benzene rings is 1. The maximum Gasteiger partial charge on any atom is 0.225 e. The fourth-order valence-electron chi connectivity index (χ4n) is 2.23. The summed E-state index contributed by atoms with van der Waals surface area (Å²) in [6.45, 7) is 3.11. The molecule has 0 aliphatic carbocycles. The first kappa shape index (κ1) is 16.3. The average molecular weight is 302 g/mol. The molecule has 2 rings (SSSR count). The molecule has 0 bridgehead atoms. The van der Waals surface area contributed by atoms with Gasteiger partial charge in [0.05, 0.1) is 0 Å². The number of piperidine rings is 1. The van der Waals surface area contributed by atoms with Crippen molar-refractivity contribution in [3.63, 3.8) is 0 Å². The number of likely N-dealkylation sites (tertiary alicyclic amines) is 1. The molecular weight excluding hydrogens is 283 g/mol. The fourth-order valence-corrected chi connectivity index (χ4v) is 2.42. The molecule has 0 atom stereocenters. The molecule has 5 heteroatoms. The Morgan fingerprint density at radius 1 is 1.26 bits per heavy atom. The summed E-state index contributed by atoms with van der Waals surface area (Å²) in [6.07, 6.45) is 4.39. The Labute approximate surface area is 125 Å². The van der Waals surface area contributed by atoms with Crippen LogP contribution < -0.4 is 17.7 Å². The lowest BCUT2D eigenvalue weighted by Gasteiger charge is -2.25. The van der Waals surface area contributed by atoms with Gasteiger partial charge in [-0.05, 0) is 44.1 Å². The van der Waals surface area contributed by atoms with Gasteiger partial charge in [-0.2, -0.15) is 0 Å². The van der Waals surface area contributed by atoms with Crippen molar-refractivity contribution in [1.82, 2.24) is 4.90 Å². The first-order chi connectivity index (χ1) is 8.74. The maximum absolute atomic E-state index is 11.8. The van der Waals surface area contributed by atoms with E-state index in [4.69, 9.17) is 11.6 Å². The third-order valence-electron chi connectivity index (χ3n) is 3.21. The van der Waals surface area contributed by atoms with Crippen molar-refractivity contribution in [1.29, 1.82) is 0 Å². The predicted octanol–water partition coefficient (Wildman–Crippen LogP) is 0.159. The summed E-state index contributed by atoms with van der Waals surface area (Å²) in [4.78, 5) is 14.1.